The molecule has 0 radical (unpaired) electrons. The minimum atomic E-state index is -0.347. The maximum atomic E-state index is 13.0. The second-order valence-electron chi connectivity index (χ2n) is 8.92. The molecule has 0 atom stereocenters. The summed E-state index contributed by atoms with van der Waals surface area (Å²) < 4.78 is 11.8. The summed E-state index contributed by atoms with van der Waals surface area (Å²) in [5.74, 6) is 1.67. The van der Waals surface area contributed by atoms with Crippen molar-refractivity contribution in [2.75, 3.05) is 0 Å². The number of hydrogen-bond acceptors (Lipinski definition) is 6. The molecular formula is C23H23N3O3. The molecule has 3 aromatic rings. The van der Waals surface area contributed by atoms with E-state index in [1.54, 1.807) is 18.5 Å². The van der Waals surface area contributed by atoms with Crippen molar-refractivity contribution in [1.82, 2.24) is 15.1 Å². The summed E-state index contributed by atoms with van der Waals surface area (Å²) in [6, 6.07) is 9.19. The number of aromatic nitrogens is 3. The molecule has 1 aliphatic carbocycles. The van der Waals surface area contributed by atoms with E-state index in [2.05, 4.69) is 29.0 Å². The van der Waals surface area contributed by atoms with Gasteiger partial charge >= 0.3 is 0 Å². The van der Waals surface area contributed by atoms with Gasteiger partial charge in [-0.3, -0.25) is 9.78 Å². The van der Waals surface area contributed by atoms with Gasteiger partial charge in [-0.2, -0.15) is 4.98 Å². The maximum Gasteiger partial charge on any atom is 0.258 e. The summed E-state index contributed by atoms with van der Waals surface area (Å²) in [5.41, 5.74) is 2.12. The Balaban J connectivity index is 1.42. The van der Waals surface area contributed by atoms with E-state index in [0.717, 1.165) is 31.2 Å². The molecule has 5 rings (SSSR count). The third-order valence-corrected chi connectivity index (χ3v) is 6.22. The highest BCUT2D eigenvalue weighted by Gasteiger charge is 2.45. The Morgan fingerprint density at radius 1 is 0.966 bits per heavy atom. The van der Waals surface area contributed by atoms with Gasteiger partial charge in [-0.15, -0.1) is 0 Å². The zero-order valence-corrected chi connectivity index (χ0v) is 16.6. The van der Waals surface area contributed by atoms with Gasteiger partial charge in [0.1, 0.15) is 11.4 Å². The van der Waals surface area contributed by atoms with Gasteiger partial charge in [0.2, 0.25) is 5.82 Å². The van der Waals surface area contributed by atoms with Crippen LogP contribution >= 0.6 is 0 Å². The minimum Gasteiger partial charge on any atom is -0.486 e. The number of ketones is 1. The Morgan fingerprint density at radius 2 is 1.72 bits per heavy atom. The molecule has 0 N–H and O–H groups in total. The normalized spacial score (nSPS) is 19.6. The van der Waals surface area contributed by atoms with Gasteiger partial charge in [0.25, 0.3) is 5.89 Å². The number of nitrogens with zero attached hydrogens (tertiary/aromatic N) is 3. The van der Waals surface area contributed by atoms with Crippen molar-refractivity contribution in [3.05, 3.63) is 48.3 Å². The highest BCUT2D eigenvalue weighted by Crippen LogP contribution is 2.47. The van der Waals surface area contributed by atoms with Crippen LogP contribution in [0.4, 0.5) is 0 Å². The summed E-state index contributed by atoms with van der Waals surface area (Å²) in [7, 11) is 0. The second-order valence-corrected chi connectivity index (χ2v) is 8.92. The average Bonchev–Trinajstić information content (AvgIpc) is 3.22. The molecule has 0 saturated heterocycles. The number of pyridine rings is 1. The molecule has 1 spiro atoms. The summed E-state index contributed by atoms with van der Waals surface area (Å²) >= 11 is 0. The molecule has 0 unspecified atom stereocenters. The van der Waals surface area contributed by atoms with Crippen LogP contribution in [0.25, 0.3) is 22.8 Å². The van der Waals surface area contributed by atoms with Gasteiger partial charge in [0.15, 0.2) is 5.78 Å². The molecule has 1 aromatic carbocycles. The van der Waals surface area contributed by atoms with Crippen LogP contribution in [0.5, 0.6) is 5.75 Å². The Morgan fingerprint density at radius 3 is 2.48 bits per heavy atom. The maximum absolute atomic E-state index is 13.0. The van der Waals surface area contributed by atoms with E-state index in [0.29, 0.717) is 40.4 Å². The first-order valence-corrected chi connectivity index (χ1v) is 10.0. The van der Waals surface area contributed by atoms with E-state index in [9.17, 15) is 4.79 Å². The molecule has 0 amide bonds. The topological polar surface area (TPSA) is 78.1 Å². The minimum absolute atomic E-state index is 0.127. The van der Waals surface area contributed by atoms with Crippen LogP contribution in [0.1, 0.15) is 56.3 Å². The van der Waals surface area contributed by atoms with Crippen LogP contribution in [-0.2, 0) is 0 Å². The van der Waals surface area contributed by atoms with E-state index >= 15 is 0 Å². The van der Waals surface area contributed by atoms with Crippen molar-refractivity contribution < 1.29 is 14.1 Å². The lowest BCUT2D eigenvalue weighted by Crippen LogP contribution is -2.46. The Kier molecular flexibility index (Phi) is 4.05. The highest BCUT2D eigenvalue weighted by molar-refractivity contribution is 6.01. The van der Waals surface area contributed by atoms with Gasteiger partial charge in [0, 0.05) is 23.5 Å². The average molecular weight is 389 g/mol. The van der Waals surface area contributed by atoms with Crippen molar-refractivity contribution in [3.8, 4) is 28.6 Å². The number of ether oxygens (including phenoxy) is 1. The number of carbonyl (C=O) groups excluding carboxylic acids is 1. The van der Waals surface area contributed by atoms with Gasteiger partial charge in [-0.1, -0.05) is 19.0 Å². The van der Waals surface area contributed by atoms with E-state index in [4.69, 9.17) is 9.26 Å². The number of benzene rings is 1. The number of Topliss-reactive ketones (excluding diaryl/α,β-unsaturated/α-hetero) is 1. The predicted octanol–water partition coefficient (Wildman–Crippen LogP) is 5.10. The standard InChI is InChI=1S/C23H23N3O3/c1-22(2)7-9-23(10-8-22)14-18(27)17-13-16(3-4-19(17)28-23)21-25-20(26-29-21)15-5-11-24-12-6-15/h3-6,11-13H,7-10,14H2,1-2H3. The monoisotopic (exact) mass is 389 g/mol. The van der Waals surface area contributed by atoms with E-state index < -0.39 is 0 Å². The smallest absolute Gasteiger partial charge is 0.258 e. The second kappa shape index (κ2) is 6.51. The SMILES string of the molecule is CC1(C)CCC2(CC1)CC(=O)c1cc(-c3nc(-c4ccncc4)no3)ccc1O2. The lowest BCUT2D eigenvalue weighted by molar-refractivity contribution is -0.0129. The quantitative estimate of drug-likeness (QED) is 0.606. The largest absolute Gasteiger partial charge is 0.486 e. The molecule has 6 heteroatoms. The molecule has 3 heterocycles. The van der Waals surface area contributed by atoms with Crippen molar-refractivity contribution in [1.29, 1.82) is 0 Å². The first-order chi connectivity index (χ1) is 13.9. The Labute approximate surface area is 169 Å². The van der Waals surface area contributed by atoms with Crippen LogP contribution in [-0.4, -0.2) is 26.5 Å². The molecule has 2 aromatic heterocycles. The predicted molar refractivity (Wildman–Crippen MR) is 108 cm³/mol. The van der Waals surface area contributed by atoms with Crippen LogP contribution in [0.3, 0.4) is 0 Å². The molecular weight excluding hydrogens is 366 g/mol. The molecule has 1 fully saturated rings. The van der Waals surface area contributed by atoms with Gasteiger partial charge in [-0.25, -0.2) is 0 Å². The number of hydrogen-bond donors (Lipinski definition) is 0. The molecule has 1 aliphatic heterocycles. The number of carbonyl (C=O) groups is 1. The van der Waals surface area contributed by atoms with Crippen molar-refractivity contribution in [2.45, 2.75) is 51.6 Å². The highest BCUT2D eigenvalue weighted by atomic mass is 16.5. The zero-order chi connectivity index (χ0) is 20.1. The molecule has 0 bridgehead atoms. The Bertz CT molecular complexity index is 1060. The molecule has 148 valence electrons. The molecule has 29 heavy (non-hydrogen) atoms. The Hall–Kier alpha value is -3.02. The summed E-state index contributed by atoms with van der Waals surface area (Å²) in [4.78, 5) is 21.4. The van der Waals surface area contributed by atoms with Crippen LogP contribution < -0.4 is 4.74 Å². The third-order valence-electron chi connectivity index (χ3n) is 6.22. The fraction of sp³-hybridized carbons (Fsp3) is 0.391. The van der Waals surface area contributed by atoms with Gasteiger partial charge < -0.3 is 9.26 Å². The van der Waals surface area contributed by atoms with Crippen LogP contribution in [0, 0.1) is 5.41 Å². The first kappa shape index (κ1) is 18.0. The zero-order valence-electron chi connectivity index (χ0n) is 16.6. The number of rotatable bonds is 2. The van der Waals surface area contributed by atoms with E-state index in [1.807, 2.05) is 24.3 Å². The lowest BCUT2D eigenvalue weighted by Gasteiger charge is -2.45. The van der Waals surface area contributed by atoms with Crippen molar-refractivity contribution in [3.63, 3.8) is 0 Å². The van der Waals surface area contributed by atoms with Gasteiger partial charge in [-0.05, 0) is 61.4 Å². The van der Waals surface area contributed by atoms with Crippen LogP contribution in [0.2, 0.25) is 0 Å². The summed E-state index contributed by atoms with van der Waals surface area (Å²) in [6.45, 7) is 4.57. The first-order valence-electron chi connectivity index (χ1n) is 10.0. The van der Waals surface area contributed by atoms with Crippen molar-refractivity contribution >= 4 is 5.78 Å². The van der Waals surface area contributed by atoms with Gasteiger partial charge in [0.05, 0.1) is 12.0 Å². The van der Waals surface area contributed by atoms with E-state index in [1.165, 1.54) is 0 Å². The van der Waals surface area contributed by atoms with Crippen molar-refractivity contribution in [2.24, 2.45) is 5.41 Å². The summed E-state index contributed by atoms with van der Waals surface area (Å²) in [6.07, 6.45) is 7.80. The third kappa shape index (κ3) is 3.33. The molecule has 1 saturated carbocycles. The number of fused-ring (bicyclic) bond motifs is 1. The lowest BCUT2D eigenvalue weighted by atomic mass is 9.68. The summed E-state index contributed by atoms with van der Waals surface area (Å²) in [5, 5.41) is 4.05. The van der Waals surface area contributed by atoms with E-state index in [-0.39, 0.29) is 11.4 Å². The molecule has 2 aliphatic rings. The molecule has 6 nitrogen and oxygen atoms in total. The fourth-order valence-electron chi connectivity index (χ4n) is 4.25. The van der Waals surface area contributed by atoms with Crippen LogP contribution in [0.15, 0.2) is 47.2 Å². The fourth-order valence-corrected chi connectivity index (χ4v) is 4.25.